The second-order valence-electron chi connectivity index (χ2n) is 7.14. The normalized spacial score (nSPS) is 15.7. The Balaban J connectivity index is 1.90. The number of hydrogen-bond donors (Lipinski definition) is 1. The van der Waals surface area contributed by atoms with Crippen molar-refractivity contribution in [3.05, 3.63) is 22.3 Å². The Labute approximate surface area is 165 Å². The zero-order valence-corrected chi connectivity index (χ0v) is 17.3. The molecular weight excluding hydrogens is 420 g/mol. The van der Waals surface area contributed by atoms with Crippen LogP contribution in [-0.2, 0) is 14.3 Å². The van der Waals surface area contributed by atoms with Crippen LogP contribution in [-0.4, -0.2) is 45.2 Å². The van der Waals surface area contributed by atoms with Crippen molar-refractivity contribution in [1.82, 2.24) is 20.4 Å². The van der Waals surface area contributed by atoms with Gasteiger partial charge in [0.2, 0.25) is 11.8 Å². The SMILES string of the molecule is Cc1nnc([C@H](CCCCN2C(=O)C=C(Br)C2=O)NC(=O)OC(C)(C)C)o1. The summed E-state index contributed by atoms with van der Waals surface area (Å²) < 4.78 is 11.0. The number of hydrogen-bond acceptors (Lipinski definition) is 7. The van der Waals surface area contributed by atoms with Gasteiger partial charge in [0.25, 0.3) is 11.8 Å². The Bertz CT molecular complexity index is 753. The van der Waals surface area contributed by atoms with Gasteiger partial charge in [0.1, 0.15) is 11.6 Å². The van der Waals surface area contributed by atoms with Crippen molar-refractivity contribution in [1.29, 1.82) is 0 Å². The molecule has 10 heteroatoms. The first-order valence-corrected chi connectivity index (χ1v) is 9.38. The molecule has 2 rings (SSSR count). The lowest BCUT2D eigenvalue weighted by Gasteiger charge is -2.22. The number of carbonyl (C=O) groups is 3. The smallest absolute Gasteiger partial charge is 0.408 e. The van der Waals surface area contributed by atoms with E-state index >= 15 is 0 Å². The summed E-state index contributed by atoms with van der Waals surface area (Å²) in [5.74, 6) is 0.0139. The summed E-state index contributed by atoms with van der Waals surface area (Å²) in [6.45, 7) is 7.28. The highest BCUT2D eigenvalue weighted by Gasteiger charge is 2.29. The molecule has 0 unspecified atom stereocenters. The van der Waals surface area contributed by atoms with E-state index < -0.39 is 17.7 Å². The molecule has 1 aliphatic rings. The van der Waals surface area contributed by atoms with Gasteiger partial charge in [-0.2, -0.15) is 0 Å². The van der Waals surface area contributed by atoms with Gasteiger partial charge >= 0.3 is 6.09 Å². The molecule has 0 fully saturated rings. The number of unbranched alkanes of at least 4 members (excludes halogenated alkanes) is 1. The number of nitrogens with zero attached hydrogens (tertiary/aromatic N) is 3. The lowest BCUT2D eigenvalue weighted by molar-refractivity contribution is -0.136. The first kappa shape index (κ1) is 21.1. The standard InChI is InChI=1S/C17H23BrN4O5/c1-10-20-21-14(26-10)12(19-16(25)27-17(2,3)4)7-5-6-8-22-13(23)9-11(18)15(22)24/h9,12H,5-8H2,1-4H3,(H,19,25)/t12-/m0/s1. The van der Waals surface area contributed by atoms with Gasteiger partial charge in [-0.25, -0.2) is 4.79 Å². The molecular formula is C17H23BrN4O5. The van der Waals surface area contributed by atoms with E-state index in [0.717, 1.165) is 0 Å². The number of aromatic nitrogens is 2. The van der Waals surface area contributed by atoms with Crippen LogP contribution in [0, 0.1) is 6.92 Å². The Morgan fingerprint density at radius 1 is 1.33 bits per heavy atom. The minimum atomic E-state index is -0.629. The van der Waals surface area contributed by atoms with Gasteiger partial charge in [-0.1, -0.05) is 0 Å². The number of amides is 3. The number of imide groups is 1. The fourth-order valence-electron chi connectivity index (χ4n) is 2.47. The predicted molar refractivity (Wildman–Crippen MR) is 98.7 cm³/mol. The van der Waals surface area contributed by atoms with Crippen molar-refractivity contribution in [2.45, 2.75) is 58.6 Å². The number of rotatable bonds is 7. The maximum atomic E-state index is 12.1. The van der Waals surface area contributed by atoms with E-state index in [1.165, 1.54) is 11.0 Å². The van der Waals surface area contributed by atoms with Gasteiger partial charge < -0.3 is 14.5 Å². The molecule has 0 saturated heterocycles. The Morgan fingerprint density at radius 3 is 2.56 bits per heavy atom. The third-order valence-corrected chi connectivity index (χ3v) is 4.19. The van der Waals surface area contributed by atoms with Crippen molar-refractivity contribution in [3.63, 3.8) is 0 Å². The Kier molecular flexibility index (Phi) is 6.74. The molecule has 0 spiro atoms. The highest BCUT2D eigenvalue weighted by molar-refractivity contribution is 9.12. The van der Waals surface area contributed by atoms with Crippen LogP contribution >= 0.6 is 15.9 Å². The molecule has 0 aliphatic carbocycles. The summed E-state index contributed by atoms with van der Waals surface area (Å²) in [5.41, 5.74) is -0.629. The summed E-state index contributed by atoms with van der Waals surface area (Å²) in [4.78, 5) is 36.8. The monoisotopic (exact) mass is 442 g/mol. The Morgan fingerprint density at radius 2 is 2.04 bits per heavy atom. The molecule has 0 bridgehead atoms. The van der Waals surface area contributed by atoms with E-state index in [1.807, 2.05) is 0 Å². The summed E-state index contributed by atoms with van der Waals surface area (Å²) in [5, 5.41) is 10.5. The first-order chi connectivity index (χ1) is 12.6. The summed E-state index contributed by atoms with van der Waals surface area (Å²) in [7, 11) is 0. The van der Waals surface area contributed by atoms with Crippen molar-refractivity contribution in [2.75, 3.05) is 6.54 Å². The van der Waals surface area contributed by atoms with Crippen LogP contribution in [0.5, 0.6) is 0 Å². The maximum absolute atomic E-state index is 12.1. The number of carbonyl (C=O) groups excluding carboxylic acids is 3. The van der Waals surface area contributed by atoms with Crippen LogP contribution in [0.15, 0.2) is 15.0 Å². The van der Waals surface area contributed by atoms with Crippen LogP contribution in [0.2, 0.25) is 0 Å². The lowest BCUT2D eigenvalue weighted by atomic mass is 10.1. The second-order valence-corrected chi connectivity index (χ2v) is 8.00. The number of alkyl carbamates (subject to hydrolysis) is 1. The number of ether oxygens (including phenoxy) is 1. The van der Waals surface area contributed by atoms with Gasteiger partial charge in [-0.3, -0.25) is 14.5 Å². The molecule has 27 heavy (non-hydrogen) atoms. The summed E-state index contributed by atoms with van der Waals surface area (Å²) in [6, 6.07) is -0.518. The highest BCUT2D eigenvalue weighted by atomic mass is 79.9. The van der Waals surface area contributed by atoms with E-state index in [1.54, 1.807) is 27.7 Å². The van der Waals surface area contributed by atoms with Crippen molar-refractivity contribution < 1.29 is 23.5 Å². The van der Waals surface area contributed by atoms with Crippen molar-refractivity contribution >= 4 is 33.8 Å². The highest BCUT2D eigenvalue weighted by Crippen LogP contribution is 2.22. The molecule has 2 heterocycles. The molecule has 1 atom stereocenters. The van der Waals surface area contributed by atoms with E-state index in [9.17, 15) is 14.4 Å². The largest absolute Gasteiger partial charge is 0.444 e. The molecule has 0 saturated carbocycles. The molecule has 3 amide bonds. The van der Waals surface area contributed by atoms with E-state index in [2.05, 4.69) is 31.4 Å². The van der Waals surface area contributed by atoms with Crippen molar-refractivity contribution in [3.8, 4) is 0 Å². The van der Waals surface area contributed by atoms with E-state index in [4.69, 9.17) is 9.15 Å². The van der Waals surface area contributed by atoms with Crippen LogP contribution in [0.4, 0.5) is 4.79 Å². The van der Waals surface area contributed by atoms with Gasteiger partial charge in [0.15, 0.2) is 0 Å². The number of halogens is 1. The molecule has 0 aromatic carbocycles. The van der Waals surface area contributed by atoms with Gasteiger partial charge in [-0.05, 0) is 56.0 Å². The van der Waals surface area contributed by atoms with Gasteiger partial charge in [0.05, 0.1) is 4.48 Å². The third kappa shape index (κ3) is 6.16. The Hall–Kier alpha value is -2.23. The van der Waals surface area contributed by atoms with Crippen LogP contribution in [0.3, 0.4) is 0 Å². The van der Waals surface area contributed by atoms with Crippen LogP contribution < -0.4 is 5.32 Å². The number of nitrogens with one attached hydrogen (secondary N) is 1. The van der Waals surface area contributed by atoms with Gasteiger partial charge in [-0.15, -0.1) is 10.2 Å². The van der Waals surface area contributed by atoms with Gasteiger partial charge in [0, 0.05) is 19.5 Å². The molecule has 1 aromatic heterocycles. The molecule has 1 aliphatic heterocycles. The lowest BCUT2D eigenvalue weighted by Crippen LogP contribution is -2.35. The summed E-state index contributed by atoms with van der Waals surface area (Å²) >= 11 is 3.06. The van der Waals surface area contributed by atoms with Crippen LogP contribution in [0.25, 0.3) is 0 Å². The first-order valence-electron chi connectivity index (χ1n) is 8.59. The molecule has 1 aromatic rings. The average molecular weight is 443 g/mol. The average Bonchev–Trinajstić information content (AvgIpc) is 3.06. The summed E-state index contributed by atoms with van der Waals surface area (Å²) in [6.07, 6.45) is 2.37. The predicted octanol–water partition coefficient (Wildman–Crippen LogP) is 2.76. The molecule has 9 nitrogen and oxygen atoms in total. The third-order valence-electron chi connectivity index (χ3n) is 3.62. The molecule has 0 radical (unpaired) electrons. The maximum Gasteiger partial charge on any atom is 0.408 e. The quantitative estimate of drug-likeness (QED) is 0.509. The topological polar surface area (TPSA) is 115 Å². The minimum absolute atomic E-state index is 0.262. The van der Waals surface area contributed by atoms with Crippen molar-refractivity contribution in [2.24, 2.45) is 0 Å². The van der Waals surface area contributed by atoms with Crippen LogP contribution in [0.1, 0.15) is 57.9 Å². The minimum Gasteiger partial charge on any atom is -0.444 e. The number of aryl methyl sites for hydroxylation is 1. The second kappa shape index (κ2) is 8.64. The zero-order chi connectivity index (χ0) is 20.2. The zero-order valence-electron chi connectivity index (χ0n) is 15.7. The van der Waals surface area contributed by atoms with E-state index in [-0.39, 0.29) is 22.2 Å². The molecule has 148 valence electrons. The molecule has 1 N–H and O–H groups in total. The fourth-order valence-corrected chi connectivity index (χ4v) is 2.88. The fraction of sp³-hybridized carbons (Fsp3) is 0.588. The van der Waals surface area contributed by atoms with E-state index in [0.29, 0.717) is 31.7 Å².